The molecule has 1 aliphatic carbocycles. The number of hydrogen-bond acceptors (Lipinski definition) is 5. The van der Waals surface area contributed by atoms with Crippen LogP contribution in [-0.2, 0) is 0 Å². The highest BCUT2D eigenvalue weighted by Crippen LogP contribution is 2.31. The lowest BCUT2D eigenvalue weighted by Gasteiger charge is -2.11. The SMILES string of the molecule is C[C@H](N)CSc1nnnn1C1CCCC1. The first-order chi connectivity index (χ1) is 7.27. The maximum absolute atomic E-state index is 5.71. The van der Waals surface area contributed by atoms with Gasteiger partial charge >= 0.3 is 0 Å². The van der Waals surface area contributed by atoms with E-state index in [2.05, 4.69) is 15.5 Å². The Labute approximate surface area is 93.8 Å². The van der Waals surface area contributed by atoms with Crippen molar-refractivity contribution in [2.45, 2.75) is 49.8 Å². The van der Waals surface area contributed by atoms with E-state index in [0.717, 1.165) is 10.9 Å². The highest BCUT2D eigenvalue weighted by Gasteiger charge is 2.21. The van der Waals surface area contributed by atoms with E-state index in [1.165, 1.54) is 25.7 Å². The summed E-state index contributed by atoms with van der Waals surface area (Å²) < 4.78 is 1.97. The van der Waals surface area contributed by atoms with Crippen LogP contribution in [-0.4, -0.2) is 32.0 Å². The van der Waals surface area contributed by atoms with E-state index in [4.69, 9.17) is 5.73 Å². The molecule has 15 heavy (non-hydrogen) atoms. The minimum atomic E-state index is 0.184. The normalized spacial score (nSPS) is 19.6. The van der Waals surface area contributed by atoms with E-state index in [9.17, 15) is 0 Å². The van der Waals surface area contributed by atoms with Crippen LogP contribution in [0.3, 0.4) is 0 Å². The molecular formula is C9H17N5S. The average molecular weight is 227 g/mol. The summed E-state index contributed by atoms with van der Waals surface area (Å²) in [6, 6.07) is 0.694. The number of nitrogens with zero attached hydrogens (tertiary/aromatic N) is 4. The van der Waals surface area contributed by atoms with Crippen molar-refractivity contribution in [2.75, 3.05) is 5.75 Å². The molecule has 0 saturated heterocycles. The van der Waals surface area contributed by atoms with Crippen LogP contribution in [0.5, 0.6) is 0 Å². The summed E-state index contributed by atoms with van der Waals surface area (Å²) in [5, 5.41) is 12.8. The smallest absolute Gasteiger partial charge is 0.209 e. The number of thioether (sulfide) groups is 1. The van der Waals surface area contributed by atoms with Crippen molar-refractivity contribution >= 4 is 11.8 Å². The predicted octanol–water partition coefficient (Wildman–Crippen LogP) is 1.23. The van der Waals surface area contributed by atoms with Gasteiger partial charge < -0.3 is 5.73 Å². The van der Waals surface area contributed by atoms with E-state index < -0.39 is 0 Å². The summed E-state index contributed by atoms with van der Waals surface area (Å²) in [4.78, 5) is 0. The fourth-order valence-electron chi connectivity index (χ4n) is 1.86. The lowest BCUT2D eigenvalue weighted by Crippen LogP contribution is -2.18. The van der Waals surface area contributed by atoms with Gasteiger partial charge in [-0.2, -0.15) is 0 Å². The molecule has 1 saturated carbocycles. The minimum absolute atomic E-state index is 0.184. The van der Waals surface area contributed by atoms with E-state index in [1.54, 1.807) is 11.8 Å². The van der Waals surface area contributed by atoms with Crippen molar-refractivity contribution in [3.63, 3.8) is 0 Å². The second-order valence-electron chi connectivity index (χ2n) is 4.13. The summed E-state index contributed by atoms with van der Waals surface area (Å²) in [5.41, 5.74) is 5.71. The summed E-state index contributed by atoms with van der Waals surface area (Å²) in [6.45, 7) is 2.00. The molecule has 0 amide bonds. The molecule has 1 aromatic rings. The maximum Gasteiger partial charge on any atom is 0.209 e. The molecule has 5 nitrogen and oxygen atoms in total. The molecule has 1 fully saturated rings. The van der Waals surface area contributed by atoms with Gasteiger partial charge in [0.15, 0.2) is 0 Å². The zero-order valence-electron chi connectivity index (χ0n) is 8.96. The van der Waals surface area contributed by atoms with Crippen molar-refractivity contribution < 1.29 is 0 Å². The molecule has 0 radical (unpaired) electrons. The summed E-state index contributed by atoms with van der Waals surface area (Å²) in [6.07, 6.45) is 5.00. The number of aromatic nitrogens is 4. The second kappa shape index (κ2) is 4.94. The lowest BCUT2D eigenvalue weighted by molar-refractivity contribution is 0.423. The highest BCUT2D eigenvalue weighted by atomic mass is 32.2. The van der Waals surface area contributed by atoms with Crippen LogP contribution in [0.2, 0.25) is 0 Å². The van der Waals surface area contributed by atoms with Crippen LogP contribution < -0.4 is 5.73 Å². The Kier molecular flexibility index (Phi) is 3.58. The fraction of sp³-hybridized carbons (Fsp3) is 0.889. The van der Waals surface area contributed by atoms with Gasteiger partial charge in [0.1, 0.15) is 0 Å². The van der Waals surface area contributed by atoms with Gasteiger partial charge in [0.25, 0.3) is 0 Å². The van der Waals surface area contributed by atoms with Crippen LogP contribution in [0.25, 0.3) is 0 Å². The topological polar surface area (TPSA) is 69.6 Å². The Bertz CT molecular complexity index is 305. The van der Waals surface area contributed by atoms with E-state index >= 15 is 0 Å². The Hall–Kier alpha value is -0.620. The summed E-state index contributed by atoms with van der Waals surface area (Å²) in [5.74, 6) is 0.868. The molecule has 0 unspecified atom stereocenters. The lowest BCUT2D eigenvalue weighted by atomic mass is 10.3. The standard InChI is InChI=1S/C9H17N5S/c1-7(10)6-15-9-11-12-13-14(9)8-4-2-3-5-8/h7-8H,2-6,10H2,1H3/t7-/m0/s1. The molecular weight excluding hydrogens is 210 g/mol. The van der Waals surface area contributed by atoms with Crippen LogP contribution >= 0.6 is 11.8 Å². The molecule has 1 atom stereocenters. The molecule has 0 bridgehead atoms. The maximum atomic E-state index is 5.71. The largest absolute Gasteiger partial charge is 0.327 e. The van der Waals surface area contributed by atoms with Gasteiger partial charge in [-0.15, -0.1) is 5.10 Å². The van der Waals surface area contributed by atoms with Crippen molar-refractivity contribution in [2.24, 2.45) is 5.73 Å². The van der Waals surface area contributed by atoms with Crippen molar-refractivity contribution in [3.8, 4) is 0 Å². The van der Waals surface area contributed by atoms with Gasteiger partial charge in [-0.25, -0.2) is 4.68 Å². The molecule has 2 rings (SSSR count). The van der Waals surface area contributed by atoms with E-state index in [1.807, 2.05) is 11.6 Å². The Balaban J connectivity index is 2.01. The predicted molar refractivity (Wildman–Crippen MR) is 59.7 cm³/mol. The Morgan fingerprint density at radius 3 is 2.93 bits per heavy atom. The van der Waals surface area contributed by atoms with Crippen LogP contribution in [0.15, 0.2) is 5.16 Å². The first-order valence-corrected chi connectivity index (χ1v) is 6.42. The molecule has 1 aromatic heterocycles. The monoisotopic (exact) mass is 227 g/mol. The van der Waals surface area contributed by atoms with E-state index in [0.29, 0.717) is 6.04 Å². The third kappa shape index (κ3) is 2.69. The van der Waals surface area contributed by atoms with Crippen LogP contribution in [0.1, 0.15) is 38.6 Å². The molecule has 6 heteroatoms. The summed E-state index contributed by atoms with van der Waals surface area (Å²) >= 11 is 1.65. The third-order valence-corrected chi connectivity index (χ3v) is 3.83. The molecule has 0 spiro atoms. The number of tetrazole rings is 1. The summed E-state index contributed by atoms with van der Waals surface area (Å²) in [7, 11) is 0. The zero-order valence-corrected chi connectivity index (χ0v) is 9.78. The molecule has 1 heterocycles. The molecule has 2 N–H and O–H groups in total. The fourth-order valence-corrected chi connectivity index (χ4v) is 2.69. The zero-order chi connectivity index (χ0) is 10.7. The van der Waals surface area contributed by atoms with Gasteiger partial charge in [0.05, 0.1) is 6.04 Å². The third-order valence-electron chi connectivity index (χ3n) is 2.61. The van der Waals surface area contributed by atoms with Gasteiger partial charge in [0.2, 0.25) is 5.16 Å². The molecule has 0 aliphatic heterocycles. The molecule has 84 valence electrons. The number of rotatable bonds is 4. The highest BCUT2D eigenvalue weighted by molar-refractivity contribution is 7.99. The minimum Gasteiger partial charge on any atom is -0.327 e. The van der Waals surface area contributed by atoms with Gasteiger partial charge in [-0.1, -0.05) is 24.6 Å². The Morgan fingerprint density at radius 1 is 1.53 bits per heavy atom. The van der Waals surface area contributed by atoms with Gasteiger partial charge in [0, 0.05) is 11.8 Å². The van der Waals surface area contributed by atoms with Crippen molar-refractivity contribution in [1.29, 1.82) is 0 Å². The van der Waals surface area contributed by atoms with Crippen LogP contribution in [0, 0.1) is 0 Å². The van der Waals surface area contributed by atoms with Gasteiger partial charge in [-0.3, -0.25) is 0 Å². The quantitative estimate of drug-likeness (QED) is 0.783. The van der Waals surface area contributed by atoms with Crippen molar-refractivity contribution in [3.05, 3.63) is 0 Å². The van der Waals surface area contributed by atoms with Gasteiger partial charge in [-0.05, 0) is 30.2 Å². The number of hydrogen-bond donors (Lipinski definition) is 1. The number of nitrogens with two attached hydrogens (primary N) is 1. The van der Waals surface area contributed by atoms with Crippen molar-refractivity contribution in [1.82, 2.24) is 20.2 Å². The first-order valence-electron chi connectivity index (χ1n) is 5.43. The first kappa shape index (κ1) is 10.9. The molecule has 0 aromatic carbocycles. The second-order valence-corrected chi connectivity index (χ2v) is 5.12. The Morgan fingerprint density at radius 2 is 2.27 bits per heavy atom. The van der Waals surface area contributed by atoms with Crippen LogP contribution in [0.4, 0.5) is 0 Å². The van der Waals surface area contributed by atoms with E-state index in [-0.39, 0.29) is 6.04 Å². The average Bonchev–Trinajstić information content (AvgIpc) is 2.85. The molecule has 1 aliphatic rings.